The minimum Gasteiger partial charge on any atom is -0.482 e. The highest BCUT2D eigenvalue weighted by Gasteiger charge is 2.15. The monoisotopic (exact) mass is 235 g/mol. The number of likely N-dealkylation sites (N-methyl/N-ethyl adjacent to an activating group) is 1. The zero-order chi connectivity index (χ0) is 12.1. The fourth-order valence-electron chi connectivity index (χ4n) is 1.69. The second-order valence-corrected chi connectivity index (χ2v) is 3.95. The van der Waals surface area contributed by atoms with Crippen LogP contribution in [-0.4, -0.2) is 32.7 Å². The summed E-state index contributed by atoms with van der Waals surface area (Å²) in [7, 11) is 1.92. The zero-order valence-electron chi connectivity index (χ0n) is 9.88. The van der Waals surface area contributed by atoms with E-state index in [1.54, 1.807) is 0 Å². The molecule has 0 spiro atoms. The summed E-state index contributed by atoms with van der Waals surface area (Å²) < 4.78 is 5.29. The third-order valence-electron chi connectivity index (χ3n) is 2.56. The third-order valence-corrected chi connectivity index (χ3v) is 2.56. The number of nitrogens with one attached hydrogen (secondary N) is 3. The number of amides is 1. The molecule has 1 aromatic carbocycles. The van der Waals surface area contributed by atoms with Crippen LogP contribution in [0.15, 0.2) is 18.2 Å². The van der Waals surface area contributed by atoms with E-state index in [1.165, 1.54) is 0 Å². The standard InChI is InChI=1S/C12H17N3O2/c1-13-4-5-14-7-9-2-3-11-10(6-9)15-12(16)8-17-11/h2-3,6,13-14H,4-5,7-8H2,1H3,(H,15,16). The van der Waals surface area contributed by atoms with E-state index in [0.717, 1.165) is 36.6 Å². The summed E-state index contributed by atoms with van der Waals surface area (Å²) in [6.07, 6.45) is 0. The number of hydrogen-bond donors (Lipinski definition) is 3. The lowest BCUT2D eigenvalue weighted by atomic mass is 10.1. The Labute approximate surface area is 101 Å². The molecule has 1 heterocycles. The van der Waals surface area contributed by atoms with Gasteiger partial charge in [-0.25, -0.2) is 0 Å². The van der Waals surface area contributed by atoms with Gasteiger partial charge in [-0.2, -0.15) is 0 Å². The predicted octanol–water partition coefficient (Wildman–Crippen LogP) is 0.326. The van der Waals surface area contributed by atoms with Crippen molar-refractivity contribution in [2.45, 2.75) is 6.54 Å². The molecule has 1 aromatic rings. The van der Waals surface area contributed by atoms with Crippen LogP contribution >= 0.6 is 0 Å². The Kier molecular flexibility index (Phi) is 3.95. The molecule has 3 N–H and O–H groups in total. The summed E-state index contributed by atoms with van der Waals surface area (Å²) in [5.41, 5.74) is 1.89. The van der Waals surface area contributed by atoms with Gasteiger partial charge in [-0.15, -0.1) is 0 Å². The molecule has 0 atom stereocenters. The highest BCUT2D eigenvalue weighted by atomic mass is 16.5. The minimum atomic E-state index is -0.0993. The highest BCUT2D eigenvalue weighted by Crippen LogP contribution is 2.28. The third kappa shape index (κ3) is 3.18. The van der Waals surface area contributed by atoms with Gasteiger partial charge in [-0.1, -0.05) is 6.07 Å². The number of benzene rings is 1. The van der Waals surface area contributed by atoms with Crippen molar-refractivity contribution in [3.63, 3.8) is 0 Å². The molecule has 0 saturated heterocycles. The van der Waals surface area contributed by atoms with E-state index in [-0.39, 0.29) is 12.5 Å². The second kappa shape index (κ2) is 5.65. The molecule has 17 heavy (non-hydrogen) atoms. The average molecular weight is 235 g/mol. The van der Waals surface area contributed by atoms with Crippen LogP contribution in [-0.2, 0) is 11.3 Å². The number of anilines is 1. The fraction of sp³-hybridized carbons (Fsp3) is 0.417. The Hall–Kier alpha value is -1.59. The molecule has 0 unspecified atom stereocenters. The van der Waals surface area contributed by atoms with Crippen LogP contribution in [0.1, 0.15) is 5.56 Å². The zero-order valence-corrected chi connectivity index (χ0v) is 9.88. The van der Waals surface area contributed by atoms with Crippen molar-refractivity contribution >= 4 is 11.6 Å². The van der Waals surface area contributed by atoms with Gasteiger partial charge < -0.3 is 20.7 Å². The van der Waals surface area contributed by atoms with Crippen LogP contribution in [0.4, 0.5) is 5.69 Å². The maximum absolute atomic E-state index is 11.2. The number of ether oxygens (including phenoxy) is 1. The van der Waals surface area contributed by atoms with Gasteiger partial charge in [0.1, 0.15) is 5.75 Å². The molecule has 5 heteroatoms. The van der Waals surface area contributed by atoms with Gasteiger partial charge >= 0.3 is 0 Å². The predicted molar refractivity (Wildman–Crippen MR) is 66.2 cm³/mol. The Morgan fingerprint density at radius 2 is 2.29 bits per heavy atom. The lowest BCUT2D eigenvalue weighted by molar-refractivity contribution is -0.118. The maximum atomic E-state index is 11.2. The smallest absolute Gasteiger partial charge is 0.262 e. The fourth-order valence-corrected chi connectivity index (χ4v) is 1.69. The van der Waals surface area contributed by atoms with Crippen LogP contribution in [0.5, 0.6) is 5.75 Å². The van der Waals surface area contributed by atoms with E-state index in [2.05, 4.69) is 16.0 Å². The van der Waals surface area contributed by atoms with Crippen LogP contribution in [0, 0.1) is 0 Å². The molecule has 0 aromatic heterocycles. The topological polar surface area (TPSA) is 62.4 Å². The molecule has 0 aliphatic carbocycles. The quantitative estimate of drug-likeness (QED) is 0.643. The van der Waals surface area contributed by atoms with E-state index >= 15 is 0 Å². The van der Waals surface area contributed by atoms with E-state index in [1.807, 2.05) is 25.2 Å². The van der Waals surface area contributed by atoms with Gasteiger partial charge in [0.25, 0.3) is 5.91 Å². The van der Waals surface area contributed by atoms with Crippen molar-refractivity contribution in [2.75, 3.05) is 32.1 Å². The molecule has 0 bridgehead atoms. The molecule has 0 fully saturated rings. The second-order valence-electron chi connectivity index (χ2n) is 3.95. The summed E-state index contributed by atoms with van der Waals surface area (Å²) in [4.78, 5) is 11.2. The van der Waals surface area contributed by atoms with E-state index in [0.29, 0.717) is 0 Å². The SMILES string of the molecule is CNCCNCc1ccc2c(c1)NC(=O)CO2. The summed E-state index contributed by atoms with van der Waals surface area (Å²) in [6, 6.07) is 5.84. The highest BCUT2D eigenvalue weighted by molar-refractivity contribution is 5.95. The van der Waals surface area contributed by atoms with Crippen molar-refractivity contribution in [2.24, 2.45) is 0 Å². The first-order valence-electron chi connectivity index (χ1n) is 5.70. The Morgan fingerprint density at radius 3 is 3.12 bits per heavy atom. The van der Waals surface area contributed by atoms with Crippen molar-refractivity contribution in [3.8, 4) is 5.75 Å². The number of carbonyl (C=O) groups excluding carboxylic acids is 1. The first-order valence-corrected chi connectivity index (χ1v) is 5.70. The van der Waals surface area contributed by atoms with E-state index in [4.69, 9.17) is 4.74 Å². The lowest BCUT2D eigenvalue weighted by Crippen LogP contribution is -2.26. The summed E-state index contributed by atoms with van der Waals surface area (Å²) in [6.45, 7) is 2.73. The number of rotatable bonds is 5. The molecule has 0 saturated carbocycles. The Balaban J connectivity index is 1.95. The van der Waals surface area contributed by atoms with Crippen molar-refractivity contribution < 1.29 is 9.53 Å². The molecular weight excluding hydrogens is 218 g/mol. The molecule has 92 valence electrons. The summed E-state index contributed by atoms with van der Waals surface area (Å²) >= 11 is 0. The maximum Gasteiger partial charge on any atom is 0.262 e. The molecule has 2 rings (SSSR count). The number of carbonyl (C=O) groups is 1. The largest absolute Gasteiger partial charge is 0.482 e. The molecule has 0 radical (unpaired) electrons. The molecule has 5 nitrogen and oxygen atoms in total. The van der Waals surface area contributed by atoms with Gasteiger partial charge in [0, 0.05) is 19.6 Å². The van der Waals surface area contributed by atoms with Crippen molar-refractivity contribution in [1.29, 1.82) is 0 Å². The molecule has 1 aliphatic heterocycles. The number of fused-ring (bicyclic) bond motifs is 1. The minimum absolute atomic E-state index is 0.0993. The van der Waals surface area contributed by atoms with Crippen LogP contribution in [0.2, 0.25) is 0 Å². The van der Waals surface area contributed by atoms with Gasteiger partial charge in [0.05, 0.1) is 5.69 Å². The molecule has 1 aliphatic rings. The van der Waals surface area contributed by atoms with Gasteiger partial charge in [0.2, 0.25) is 0 Å². The first kappa shape index (κ1) is 11.9. The van der Waals surface area contributed by atoms with Crippen LogP contribution < -0.4 is 20.7 Å². The van der Waals surface area contributed by atoms with Gasteiger partial charge in [-0.05, 0) is 24.7 Å². The van der Waals surface area contributed by atoms with Crippen molar-refractivity contribution in [3.05, 3.63) is 23.8 Å². The Bertz CT molecular complexity index is 407. The van der Waals surface area contributed by atoms with Crippen LogP contribution in [0.25, 0.3) is 0 Å². The average Bonchev–Trinajstić information content (AvgIpc) is 2.34. The summed E-state index contributed by atoms with van der Waals surface area (Å²) in [5, 5.41) is 9.17. The summed E-state index contributed by atoms with van der Waals surface area (Å²) in [5.74, 6) is 0.640. The van der Waals surface area contributed by atoms with E-state index in [9.17, 15) is 4.79 Å². The number of hydrogen-bond acceptors (Lipinski definition) is 4. The Morgan fingerprint density at radius 1 is 1.41 bits per heavy atom. The molecule has 1 amide bonds. The van der Waals surface area contributed by atoms with E-state index < -0.39 is 0 Å². The van der Waals surface area contributed by atoms with Crippen LogP contribution in [0.3, 0.4) is 0 Å². The normalized spacial score (nSPS) is 13.8. The van der Waals surface area contributed by atoms with Crippen molar-refractivity contribution in [1.82, 2.24) is 10.6 Å². The molecular formula is C12H17N3O2. The van der Waals surface area contributed by atoms with Gasteiger partial charge in [-0.3, -0.25) is 4.79 Å². The van der Waals surface area contributed by atoms with Gasteiger partial charge in [0.15, 0.2) is 6.61 Å². The first-order chi connectivity index (χ1) is 8.29. The lowest BCUT2D eigenvalue weighted by Gasteiger charge is -2.18.